The molecule has 4 heteroatoms. The van der Waals surface area contributed by atoms with Crippen molar-refractivity contribution in [1.82, 2.24) is 0 Å². The van der Waals surface area contributed by atoms with Gasteiger partial charge in [-0.05, 0) is 23.6 Å². The second-order valence-electron chi connectivity index (χ2n) is 5.43. The maximum absolute atomic E-state index is 5.90. The molecule has 0 aliphatic rings. The highest BCUT2D eigenvalue weighted by Gasteiger charge is 2.24. The predicted molar refractivity (Wildman–Crippen MR) is 80.3 cm³/mol. The summed E-state index contributed by atoms with van der Waals surface area (Å²) in [6.45, 7) is 6.89. The molecule has 0 unspecified atom stereocenters. The molecule has 0 fully saturated rings. The van der Waals surface area contributed by atoms with Gasteiger partial charge in [-0.1, -0.05) is 39.3 Å². The van der Waals surface area contributed by atoms with Gasteiger partial charge in [-0.15, -0.1) is 0 Å². The highest BCUT2D eigenvalue weighted by molar-refractivity contribution is 5.97. The number of nitrogens with zero attached hydrogens (tertiary/aromatic N) is 1. The molecule has 0 bridgehead atoms. The fourth-order valence-electron chi connectivity index (χ4n) is 2.27. The Kier molecular flexibility index (Phi) is 5.51. The van der Waals surface area contributed by atoms with E-state index in [1.807, 2.05) is 6.07 Å². The van der Waals surface area contributed by atoms with Gasteiger partial charge in [0.1, 0.15) is 5.84 Å². The van der Waals surface area contributed by atoms with Crippen LogP contribution in [0.4, 0.5) is 0 Å². The Labute approximate surface area is 115 Å². The minimum Gasteiger partial charge on any atom is -0.384 e. The van der Waals surface area contributed by atoms with Crippen LogP contribution in [0, 0.1) is 0 Å². The van der Waals surface area contributed by atoms with Crippen molar-refractivity contribution in [3.8, 4) is 0 Å². The zero-order valence-corrected chi connectivity index (χ0v) is 12.4. The molecule has 0 saturated carbocycles. The van der Waals surface area contributed by atoms with E-state index in [1.165, 1.54) is 11.1 Å². The number of benzene rings is 1. The first-order valence-corrected chi connectivity index (χ1v) is 6.64. The number of aryl methyl sites for hydroxylation is 1. The molecule has 1 aromatic carbocycles. The molecule has 0 aliphatic heterocycles. The van der Waals surface area contributed by atoms with E-state index in [-0.39, 0.29) is 5.41 Å². The molecule has 4 nitrogen and oxygen atoms in total. The van der Waals surface area contributed by atoms with Gasteiger partial charge in [0, 0.05) is 18.0 Å². The van der Waals surface area contributed by atoms with Crippen LogP contribution in [0.1, 0.15) is 43.9 Å². The van der Waals surface area contributed by atoms with Crippen LogP contribution < -0.4 is 11.6 Å². The number of rotatable bonds is 6. The molecular formula is C15H25N3O. The Balaban J connectivity index is 3.30. The number of amidine groups is 1. The van der Waals surface area contributed by atoms with E-state index >= 15 is 0 Å². The molecule has 0 saturated heterocycles. The highest BCUT2D eigenvalue weighted by atomic mass is 16.6. The fraction of sp³-hybridized carbons (Fsp3) is 0.533. The maximum atomic E-state index is 5.90. The van der Waals surface area contributed by atoms with Crippen LogP contribution in [0.3, 0.4) is 0 Å². The van der Waals surface area contributed by atoms with Gasteiger partial charge in [0.2, 0.25) is 0 Å². The summed E-state index contributed by atoms with van der Waals surface area (Å²) < 4.78 is 0. The number of hydrogen-bond donors (Lipinski definition) is 2. The summed E-state index contributed by atoms with van der Waals surface area (Å²) in [4.78, 5) is 8.90. The van der Waals surface area contributed by atoms with Crippen molar-refractivity contribution in [2.24, 2.45) is 16.6 Å². The van der Waals surface area contributed by atoms with Crippen molar-refractivity contribution < 1.29 is 4.84 Å². The van der Waals surface area contributed by atoms with E-state index in [2.05, 4.69) is 37.9 Å². The lowest BCUT2D eigenvalue weighted by Gasteiger charge is -2.27. The lowest BCUT2D eigenvalue weighted by Crippen LogP contribution is -2.28. The summed E-state index contributed by atoms with van der Waals surface area (Å²) in [5, 5.41) is 0. The third kappa shape index (κ3) is 3.78. The normalized spacial score (nSPS) is 12.8. The first-order chi connectivity index (χ1) is 8.96. The van der Waals surface area contributed by atoms with E-state index in [4.69, 9.17) is 16.5 Å². The monoisotopic (exact) mass is 263 g/mol. The zero-order valence-electron chi connectivity index (χ0n) is 12.4. The van der Waals surface area contributed by atoms with Gasteiger partial charge >= 0.3 is 0 Å². The number of nitrogens with two attached hydrogens (primary N) is 2. The molecule has 0 spiro atoms. The van der Waals surface area contributed by atoms with Crippen molar-refractivity contribution in [2.75, 3.05) is 13.7 Å². The van der Waals surface area contributed by atoms with Gasteiger partial charge < -0.3 is 10.6 Å². The minimum atomic E-state index is -0.150. The summed E-state index contributed by atoms with van der Waals surface area (Å²) in [5.41, 5.74) is 9.24. The van der Waals surface area contributed by atoms with Crippen LogP contribution in [0.25, 0.3) is 0 Å². The molecule has 0 radical (unpaired) electrons. The number of hydrogen-bond acceptors (Lipinski definition) is 3. The van der Waals surface area contributed by atoms with Crippen molar-refractivity contribution in [3.63, 3.8) is 0 Å². The largest absolute Gasteiger partial charge is 0.384 e. The Morgan fingerprint density at radius 2 is 2.05 bits per heavy atom. The molecule has 1 aromatic rings. The highest BCUT2D eigenvalue weighted by Crippen LogP contribution is 2.28. The Bertz CT molecular complexity index is 453. The first-order valence-electron chi connectivity index (χ1n) is 6.64. The maximum Gasteiger partial charge on any atom is 0.125 e. The van der Waals surface area contributed by atoms with Crippen LogP contribution in [-0.4, -0.2) is 19.5 Å². The van der Waals surface area contributed by atoms with E-state index in [0.717, 1.165) is 18.4 Å². The van der Waals surface area contributed by atoms with Crippen molar-refractivity contribution in [1.29, 1.82) is 0 Å². The fourth-order valence-corrected chi connectivity index (χ4v) is 2.27. The third-order valence-corrected chi connectivity index (χ3v) is 3.34. The van der Waals surface area contributed by atoms with E-state index in [0.29, 0.717) is 12.4 Å². The summed E-state index contributed by atoms with van der Waals surface area (Å²) in [7, 11) is 1.70. The molecular weight excluding hydrogens is 238 g/mol. The number of aliphatic imine (C=N–C) groups is 1. The van der Waals surface area contributed by atoms with Gasteiger partial charge in [-0.25, -0.2) is 5.90 Å². The van der Waals surface area contributed by atoms with Gasteiger partial charge in [0.25, 0.3) is 0 Å². The smallest absolute Gasteiger partial charge is 0.125 e. The van der Waals surface area contributed by atoms with Crippen LogP contribution in [0.2, 0.25) is 0 Å². The van der Waals surface area contributed by atoms with Crippen molar-refractivity contribution in [3.05, 3.63) is 34.9 Å². The van der Waals surface area contributed by atoms with Crippen LogP contribution in [-0.2, 0) is 16.7 Å². The predicted octanol–water partition coefficient (Wildman–Crippen LogP) is 2.14. The van der Waals surface area contributed by atoms with Crippen LogP contribution in [0.15, 0.2) is 23.2 Å². The van der Waals surface area contributed by atoms with E-state index in [9.17, 15) is 0 Å². The third-order valence-electron chi connectivity index (χ3n) is 3.34. The summed E-state index contributed by atoms with van der Waals surface area (Å²) in [6, 6.07) is 6.26. The second kappa shape index (κ2) is 6.68. The molecule has 0 atom stereocenters. The summed E-state index contributed by atoms with van der Waals surface area (Å²) in [6.07, 6.45) is 2.13. The topological polar surface area (TPSA) is 73.6 Å². The molecule has 19 heavy (non-hydrogen) atoms. The first kappa shape index (κ1) is 15.7. The van der Waals surface area contributed by atoms with Gasteiger partial charge in [-0.2, -0.15) is 0 Å². The minimum absolute atomic E-state index is 0.150. The quantitative estimate of drug-likeness (QED) is 0.469. The summed E-state index contributed by atoms with van der Waals surface area (Å²) in [5.74, 6) is 5.80. The molecule has 0 amide bonds. The van der Waals surface area contributed by atoms with Gasteiger partial charge in [-0.3, -0.25) is 4.99 Å². The molecule has 4 N–H and O–H groups in total. The molecule has 0 heterocycles. The lowest BCUT2D eigenvalue weighted by molar-refractivity contribution is 0.0961. The Morgan fingerprint density at radius 1 is 1.37 bits per heavy atom. The molecule has 0 aliphatic carbocycles. The average molecular weight is 263 g/mol. The lowest BCUT2D eigenvalue weighted by atomic mass is 9.80. The van der Waals surface area contributed by atoms with Gasteiger partial charge in [0.05, 0.1) is 6.61 Å². The Hall–Kier alpha value is -1.39. The summed E-state index contributed by atoms with van der Waals surface area (Å²) >= 11 is 0. The zero-order chi connectivity index (χ0) is 14.5. The molecule has 106 valence electrons. The van der Waals surface area contributed by atoms with E-state index in [1.54, 1.807) is 7.05 Å². The van der Waals surface area contributed by atoms with Gasteiger partial charge in [0.15, 0.2) is 0 Å². The SMILES string of the molecule is CCCc1ccc(C(N)=NC)cc1C(C)(C)CON. The second-order valence-corrected chi connectivity index (χ2v) is 5.43. The Morgan fingerprint density at radius 3 is 2.58 bits per heavy atom. The van der Waals surface area contributed by atoms with E-state index < -0.39 is 0 Å². The van der Waals surface area contributed by atoms with Crippen LogP contribution >= 0.6 is 0 Å². The molecule has 1 rings (SSSR count). The average Bonchev–Trinajstić information content (AvgIpc) is 2.38. The standard InChI is InChI=1S/C15H25N3O/c1-5-6-11-7-8-12(14(16)18-4)9-13(11)15(2,3)10-19-17/h7-9H,5-6,10,17H2,1-4H3,(H2,16,18). The van der Waals surface area contributed by atoms with Crippen LogP contribution in [0.5, 0.6) is 0 Å². The molecule has 0 aromatic heterocycles. The van der Waals surface area contributed by atoms with Crippen molar-refractivity contribution in [2.45, 2.75) is 39.0 Å². The van der Waals surface area contributed by atoms with Crippen molar-refractivity contribution >= 4 is 5.84 Å².